The largest absolute Gasteiger partial charge is 0.334 e. The first-order valence-electron chi connectivity index (χ1n) is 5.57. The van der Waals surface area contributed by atoms with Crippen molar-refractivity contribution < 1.29 is 0 Å². The number of aryl methyl sites for hydroxylation is 1. The highest BCUT2D eigenvalue weighted by Crippen LogP contribution is 2.20. The first kappa shape index (κ1) is 10.8. The Morgan fingerprint density at radius 3 is 2.93 bits per heavy atom. The Morgan fingerprint density at radius 1 is 1.33 bits per heavy atom. The van der Waals surface area contributed by atoms with Crippen molar-refractivity contribution in [2.24, 2.45) is 0 Å². The van der Waals surface area contributed by atoms with Gasteiger partial charge in [-0.2, -0.15) is 0 Å². The van der Waals surface area contributed by atoms with E-state index in [0.717, 1.165) is 25.1 Å². The predicted octanol–water partition coefficient (Wildman–Crippen LogP) is 2.13. The summed E-state index contributed by atoms with van der Waals surface area (Å²) in [5.41, 5.74) is 3.85. The third-order valence-electron chi connectivity index (χ3n) is 2.90. The smallest absolute Gasteiger partial charge is 0.197 e. The molecule has 1 aliphatic rings. The average Bonchev–Trinajstić information content (AvgIpc) is 2.43. The van der Waals surface area contributed by atoms with Crippen molar-refractivity contribution in [3.8, 4) is 0 Å². The van der Waals surface area contributed by atoms with E-state index in [-0.39, 0.29) is 0 Å². The molecule has 82 valence electrons. The first-order valence-corrected chi connectivity index (χ1v) is 5.97. The SMILES string of the molecule is CNCc1nc(=S)[nH]c2c1CCCCC2. The number of fused-ring (bicyclic) bond motifs is 1. The minimum Gasteiger partial charge on any atom is -0.334 e. The zero-order valence-corrected chi connectivity index (χ0v) is 9.91. The van der Waals surface area contributed by atoms with Gasteiger partial charge in [0.05, 0.1) is 5.69 Å². The molecular weight excluding hydrogens is 206 g/mol. The van der Waals surface area contributed by atoms with Crippen LogP contribution in [0.5, 0.6) is 0 Å². The summed E-state index contributed by atoms with van der Waals surface area (Å²) in [6, 6.07) is 0. The number of aromatic amines is 1. The highest BCUT2D eigenvalue weighted by molar-refractivity contribution is 7.71. The molecule has 0 unspecified atom stereocenters. The van der Waals surface area contributed by atoms with Crippen LogP contribution in [0.4, 0.5) is 0 Å². The van der Waals surface area contributed by atoms with Crippen molar-refractivity contribution in [1.29, 1.82) is 0 Å². The standard InChI is InChI=1S/C11H17N3S/c1-12-7-10-8-5-3-2-4-6-9(8)13-11(15)14-10/h12H,2-7H2,1H3,(H,13,14,15). The Hall–Kier alpha value is -0.740. The quantitative estimate of drug-likeness (QED) is 0.596. The molecule has 3 nitrogen and oxygen atoms in total. The lowest BCUT2D eigenvalue weighted by Gasteiger charge is -2.10. The number of nitrogens with one attached hydrogen (secondary N) is 2. The van der Waals surface area contributed by atoms with Crippen LogP contribution < -0.4 is 5.32 Å². The number of aromatic nitrogens is 2. The Morgan fingerprint density at radius 2 is 2.13 bits per heavy atom. The van der Waals surface area contributed by atoms with E-state index in [4.69, 9.17) is 12.2 Å². The van der Waals surface area contributed by atoms with Crippen LogP contribution >= 0.6 is 12.2 Å². The molecule has 0 saturated carbocycles. The molecule has 0 radical (unpaired) electrons. The Balaban J connectivity index is 2.45. The summed E-state index contributed by atoms with van der Waals surface area (Å²) in [5.74, 6) is 0. The predicted molar refractivity (Wildman–Crippen MR) is 63.4 cm³/mol. The van der Waals surface area contributed by atoms with Crippen molar-refractivity contribution in [2.75, 3.05) is 7.05 Å². The summed E-state index contributed by atoms with van der Waals surface area (Å²) >= 11 is 5.15. The molecule has 0 saturated heterocycles. The highest BCUT2D eigenvalue weighted by Gasteiger charge is 2.13. The van der Waals surface area contributed by atoms with Crippen LogP contribution in [0.1, 0.15) is 36.2 Å². The van der Waals surface area contributed by atoms with Crippen molar-refractivity contribution >= 4 is 12.2 Å². The van der Waals surface area contributed by atoms with Gasteiger partial charge in [-0.15, -0.1) is 0 Å². The second kappa shape index (κ2) is 4.86. The van der Waals surface area contributed by atoms with Gasteiger partial charge in [0, 0.05) is 12.2 Å². The lowest BCUT2D eigenvalue weighted by Crippen LogP contribution is -2.13. The van der Waals surface area contributed by atoms with Crippen molar-refractivity contribution in [3.05, 3.63) is 21.7 Å². The maximum atomic E-state index is 5.15. The van der Waals surface area contributed by atoms with Gasteiger partial charge in [0.25, 0.3) is 0 Å². The van der Waals surface area contributed by atoms with Gasteiger partial charge in [0.1, 0.15) is 0 Å². The second-order valence-corrected chi connectivity index (χ2v) is 4.42. The minimum absolute atomic E-state index is 0.626. The normalized spacial score (nSPS) is 15.8. The average molecular weight is 223 g/mol. The molecule has 1 aliphatic carbocycles. The zero-order valence-electron chi connectivity index (χ0n) is 9.10. The van der Waals surface area contributed by atoms with E-state index >= 15 is 0 Å². The van der Waals surface area contributed by atoms with Gasteiger partial charge >= 0.3 is 0 Å². The van der Waals surface area contributed by atoms with Gasteiger partial charge < -0.3 is 10.3 Å². The fourth-order valence-corrected chi connectivity index (χ4v) is 2.43. The van der Waals surface area contributed by atoms with E-state index < -0.39 is 0 Å². The van der Waals surface area contributed by atoms with E-state index in [1.54, 1.807) is 0 Å². The highest BCUT2D eigenvalue weighted by atomic mass is 32.1. The monoisotopic (exact) mass is 223 g/mol. The third kappa shape index (κ3) is 2.44. The molecule has 2 rings (SSSR count). The van der Waals surface area contributed by atoms with Gasteiger partial charge in [0.15, 0.2) is 4.77 Å². The molecule has 0 fully saturated rings. The van der Waals surface area contributed by atoms with Gasteiger partial charge in [0.2, 0.25) is 0 Å². The van der Waals surface area contributed by atoms with E-state index in [2.05, 4.69) is 15.3 Å². The molecule has 1 heterocycles. The molecule has 0 aromatic carbocycles. The maximum Gasteiger partial charge on any atom is 0.197 e. The van der Waals surface area contributed by atoms with Crippen LogP contribution in [0.15, 0.2) is 0 Å². The second-order valence-electron chi connectivity index (χ2n) is 4.04. The van der Waals surface area contributed by atoms with E-state index in [1.807, 2.05) is 7.05 Å². The number of nitrogens with zero attached hydrogens (tertiary/aromatic N) is 1. The number of hydrogen-bond acceptors (Lipinski definition) is 3. The van der Waals surface area contributed by atoms with Crippen LogP contribution in [-0.4, -0.2) is 17.0 Å². The number of rotatable bonds is 2. The Labute approximate surface area is 95.3 Å². The van der Waals surface area contributed by atoms with Gasteiger partial charge in [-0.25, -0.2) is 4.98 Å². The summed E-state index contributed by atoms with van der Waals surface area (Å²) in [6.45, 7) is 0.820. The minimum atomic E-state index is 0.626. The molecule has 0 aliphatic heterocycles. The van der Waals surface area contributed by atoms with Gasteiger partial charge in [-0.3, -0.25) is 0 Å². The Bertz CT molecular complexity index is 397. The lowest BCUT2D eigenvalue weighted by molar-refractivity contribution is 0.705. The van der Waals surface area contributed by atoms with Gasteiger partial charge in [-0.1, -0.05) is 6.42 Å². The molecule has 4 heteroatoms. The lowest BCUT2D eigenvalue weighted by atomic mass is 10.1. The molecule has 0 bridgehead atoms. The van der Waals surface area contributed by atoms with Crippen LogP contribution in [0.2, 0.25) is 0 Å². The van der Waals surface area contributed by atoms with Crippen molar-refractivity contribution in [2.45, 2.75) is 38.6 Å². The summed E-state index contributed by atoms with van der Waals surface area (Å²) in [7, 11) is 1.95. The molecule has 2 N–H and O–H groups in total. The maximum absolute atomic E-state index is 5.15. The molecule has 1 aromatic rings. The van der Waals surface area contributed by atoms with E-state index in [0.29, 0.717) is 4.77 Å². The molecule has 0 spiro atoms. The van der Waals surface area contributed by atoms with E-state index in [9.17, 15) is 0 Å². The van der Waals surface area contributed by atoms with Crippen LogP contribution in [0.3, 0.4) is 0 Å². The van der Waals surface area contributed by atoms with E-state index in [1.165, 1.54) is 30.5 Å². The third-order valence-corrected chi connectivity index (χ3v) is 3.10. The first-order chi connectivity index (χ1) is 7.31. The topological polar surface area (TPSA) is 40.7 Å². The fraction of sp³-hybridized carbons (Fsp3) is 0.636. The molecular formula is C11H17N3S. The fourth-order valence-electron chi connectivity index (χ4n) is 2.20. The van der Waals surface area contributed by atoms with Crippen molar-refractivity contribution in [3.63, 3.8) is 0 Å². The molecule has 1 aromatic heterocycles. The van der Waals surface area contributed by atoms with Crippen LogP contribution in [-0.2, 0) is 19.4 Å². The van der Waals surface area contributed by atoms with Crippen molar-refractivity contribution in [1.82, 2.24) is 15.3 Å². The summed E-state index contributed by atoms with van der Waals surface area (Å²) in [4.78, 5) is 7.66. The van der Waals surface area contributed by atoms with Gasteiger partial charge in [-0.05, 0) is 50.5 Å². The van der Waals surface area contributed by atoms with Crippen LogP contribution in [0.25, 0.3) is 0 Å². The summed E-state index contributed by atoms with van der Waals surface area (Å²) in [6.07, 6.45) is 6.12. The Kier molecular flexibility index (Phi) is 3.49. The number of H-pyrrole nitrogens is 1. The molecule has 15 heavy (non-hydrogen) atoms. The number of hydrogen-bond donors (Lipinski definition) is 2. The summed E-state index contributed by atoms with van der Waals surface area (Å²) < 4.78 is 0.626. The molecule has 0 atom stereocenters. The zero-order chi connectivity index (χ0) is 10.7. The van der Waals surface area contributed by atoms with Crippen LogP contribution in [0, 0.1) is 4.77 Å². The molecule has 0 amide bonds. The summed E-state index contributed by atoms with van der Waals surface area (Å²) in [5, 5.41) is 3.16.